The number of piperazine rings is 1. The van der Waals surface area contributed by atoms with Crippen molar-refractivity contribution in [2.75, 3.05) is 44.7 Å². The standard InChI is InChI=1S/C24H30FN3O/c1-26(23-8-4-6-19-5-2-3-7-22(19)23)14-13-24(29)28-17-15-27(16-18-28)21-11-9-20(25)10-12-21/h2-3,5,7,9-12,23H,4,6,8,13-18H2,1H3. The minimum Gasteiger partial charge on any atom is -0.368 e. The minimum absolute atomic E-state index is 0.215. The zero-order chi connectivity index (χ0) is 20.2. The van der Waals surface area contributed by atoms with Crippen LogP contribution in [0.15, 0.2) is 48.5 Å². The van der Waals surface area contributed by atoms with Gasteiger partial charge < -0.3 is 9.80 Å². The lowest BCUT2D eigenvalue weighted by molar-refractivity contribution is -0.131. The number of anilines is 1. The largest absolute Gasteiger partial charge is 0.368 e. The maximum atomic E-state index is 13.1. The third-order valence-corrected chi connectivity index (χ3v) is 6.37. The van der Waals surface area contributed by atoms with Gasteiger partial charge in [-0.15, -0.1) is 0 Å². The van der Waals surface area contributed by atoms with Crippen molar-refractivity contribution in [1.29, 1.82) is 0 Å². The van der Waals surface area contributed by atoms with Crippen LogP contribution < -0.4 is 4.90 Å². The van der Waals surface area contributed by atoms with Crippen LogP contribution in [-0.4, -0.2) is 55.5 Å². The molecule has 0 bridgehead atoms. The summed E-state index contributed by atoms with van der Waals surface area (Å²) in [6, 6.07) is 15.7. The highest BCUT2D eigenvalue weighted by Gasteiger charge is 2.25. The van der Waals surface area contributed by atoms with E-state index >= 15 is 0 Å². The molecule has 2 aliphatic rings. The van der Waals surface area contributed by atoms with Gasteiger partial charge in [0.05, 0.1) is 0 Å². The van der Waals surface area contributed by atoms with Gasteiger partial charge in [-0.1, -0.05) is 24.3 Å². The molecule has 0 saturated carbocycles. The lowest BCUT2D eigenvalue weighted by atomic mass is 9.87. The summed E-state index contributed by atoms with van der Waals surface area (Å²) in [7, 11) is 2.15. The Balaban J connectivity index is 1.27. The van der Waals surface area contributed by atoms with Crippen LogP contribution in [0.3, 0.4) is 0 Å². The summed E-state index contributed by atoms with van der Waals surface area (Å²) in [4.78, 5) is 19.3. The van der Waals surface area contributed by atoms with E-state index in [4.69, 9.17) is 0 Å². The third-order valence-electron chi connectivity index (χ3n) is 6.37. The van der Waals surface area contributed by atoms with Crippen LogP contribution in [0.1, 0.15) is 36.4 Å². The average molecular weight is 396 g/mol. The topological polar surface area (TPSA) is 26.8 Å². The molecule has 0 aromatic heterocycles. The molecule has 4 nitrogen and oxygen atoms in total. The van der Waals surface area contributed by atoms with Crippen molar-refractivity contribution in [2.45, 2.75) is 31.7 Å². The fourth-order valence-corrected chi connectivity index (χ4v) is 4.64. The van der Waals surface area contributed by atoms with Crippen molar-refractivity contribution in [2.24, 2.45) is 0 Å². The number of carbonyl (C=O) groups is 1. The molecule has 5 heteroatoms. The quantitative estimate of drug-likeness (QED) is 0.769. The molecule has 1 fully saturated rings. The zero-order valence-corrected chi connectivity index (χ0v) is 17.2. The number of rotatable bonds is 5. The van der Waals surface area contributed by atoms with Gasteiger partial charge in [0, 0.05) is 50.9 Å². The maximum Gasteiger partial charge on any atom is 0.223 e. The first-order valence-corrected chi connectivity index (χ1v) is 10.7. The summed E-state index contributed by atoms with van der Waals surface area (Å²) in [5, 5.41) is 0. The molecule has 4 rings (SSSR count). The molecule has 1 aliphatic carbocycles. The Labute approximate surface area is 172 Å². The van der Waals surface area contributed by atoms with E-state index in [1.807, 2.05) is 17.0 Å². The van der Waals surface area contributed by atoms with Gasteiger partial charge in [-0.25, -0.2) is 4.39 Å². The van der Waals surface area contributed by atoms with Crippen LogP contribution in [0.2, 0.25) is 0 Å². The van der Waals surface area contributed by atoms with Gasteiger partial charge in [0.2, 0.25) is 5.91 Å². The highest BCUT2D eigenvalue weighted by atomic mass is 19.1. The Bertz CT molecular complexity index is 830. The summed E-state index contributed by atoms with van der Waals surface area (Å²) < 4.78 is 13.1. The average Bonchev–Trinajstić information content (AvgIpc) is 2.77. The number of hydrogen-bond donors (Lipinski definition) is 0. The fraction of sp³-hybridized carbons (Fsp3) is 0.458. The summed E-state index contributed by atoms with van der Waals surface area (Å²) in [5.74, 6) is 0.0203. The molecule has 0 N–H and O–H groups in total. The summed E-state index contributed by atoms with van der Waals surface area (Å²) in [5.41, 5.74) is 3.91. The zero-order valence-electron chi connectivity index (χ0n) is 17.2. The first-order valence-electron chi connectivity index (χ1n) is 10.7. The van der Waals surface area contributed by atoms with Gasteiger partial charge in [0.1, 0.15) is 5.82 Å². The van der Waals surface area contributed by atoms with Crippen molar-refractivity contribution in [3.05, 3.63) is 65.5 Å². The van der Waals surface area contributed by atoms with Gasteiger partial charge in [-0.3, -0.25) is 9.69 Å². The number of aryl methyl sites for hydroxylation is 1. The van der Waals surface area contributed by atoms with Crippen molar-refractivity contribution >= 4 is 11.6 Å². The van der Waals surface area contributed by atoms with Gasteiger partial charge in [0.25, 0.3) is 0 Å². The molecule has 1 heterocycles. The van der Waals surface area contributed by atoms with Crippen LogP contribution in [0, 0.1) is 5.82 Å². The number of fused-ring (bicyclic) bond motifs is 1. The predicted octanol–water partition coefficient (Wildman–Crippen LogP) is 3.87. The highest BCUT2D eigenvalue weighted by Crippen LogP contribution is 2.33. The van der Waals surface area contributed by atoms with Crippen molar-refractivity contribution in [3.8, 4) is 0 Å². The molecule has 0 radical (unpaired) electrons. The molecule has 1 saturated heterocycles. The predicted molar refractivity (Wildman–Crippen MR) is 115 cm³/mol. The molecule has 0 spiro atoms. The van der Waals surface area contributed by atoms with E-state index in [1.165, 1.54) is 29.7 Å². The molecule has 1 aliphatic heterocycles. The highest BCUT2D eigenvalue weighted by molar-refractivity contribution is 5.76. The Morgan fingerprint density at radius 2 is 1.79 bits per heavy atom. The number of nitrogens with zero attached hydrogens (tertiary/aromatic N) is 3. The molecule has 2 aromatic rings. The van der Waals surface area contributed by atoms with E-state index in [-0.39, 0.29) is 11.7 Å². The maximum absolute atomic E-state index is 13.1. The van der Waals surface area contributed by atoms with Crippen LogP contribution in [0.25, 0.3) is 0 Å². The number of halogens is 1. The molecular formula is C24H30FN3O. The second kappa shape index (κ2) is 8.95. The third kappa shape index (κ3) is 4.61. The lowest BCUT2D eigenvalue weighted by Gasteiger charge is -2.37. The first-order chi connectivity index (χ1) is 14.1. The van der Waals surface area contributed by atoms with Crippen molar-refractivity contribution < 1.29 is 9.18 Å². The van der Waals surface area contributed by atoms with Crippen LogP contribution in [0.4, 0.5) is 10.1 Å². The number of amides is 1. The Morgan fingerprint density at radius 1 is 1.07 bits per heavy atom. The monoisotopic (exact) mass is 395 g/mol. The smallest absolute Gasteiger partial charge is 0.223 e. The second-order valence-corrected chi connectivity index (χ2v) is 8.18. The van der Waals surface area contributed by atoms with E-state index < -0.39 is 0 Å². The van der Waals surface area contributed by atoms with E-state index in [0.29, 0.717) is 12.5 Å². The second-order valence-electron chi connectivity index (χ2n) is 8.18. The molecule has 2 aromatic carbocycles. The fourth-order valence-electron chi connectivity index (χ4n) is 4.64. The van der Waals surface area contributed by atoms with E-state index in [1.54, 1.807) is 0 Å². The molecule has 1 amide bonds. The molecule has 1 unspecified atom stereocenters. The van der Waals surface area contributed by atoms with E-state index in [0.717, 1.165) is 51.3 Å². The molecular weight excluding hydrogens is 365 g/mol. The normalized spacial score (nSPS) is 19.3. The lowest BCUT2D eigenvalue weighted by Crippen LogP contribution is -2.49. The van der Waals surface area contributed by atoms with Gasteiger partial charge in [-0.2, -0.15) is 0 Å². The first kappa shape index (κ1) is 19.9. The Morgan fingerprint density at radius 3 is 2.55 bits per heavy atom. The van der Waals surface area contributed by atoms with E-state index in [9.17, 15) is 9.18 Å². The van der Waals surface area contributed by atoms with Crippen LogP contribution in [0.5, 0.6) is 0 Å². The number of hydrogen-bond acceptors (Lipinski definition) is 3. The van der Waals surface area contributed by atoms with Gasteiger partial charge in [0.15, 0.2) is 0 Å². The summed E-state index contributed by atoms with van der Waals surface area (Å²) in [6.07, 6.45) is 4.10. The summed E-state index contributed by atoms with van der Waals surface area (Å²) >= 11 is 0. The van der Waals surface area contributed by atoms with Gasteiger partial charge >= 0.3 is 0 Å². The minimum atomic E-state index is -0.215. The van der Waals surface area contributed by atoms with Crippen LogP contribution >= 0.6 is 0 Å². The SMILES string of the molecule is CN(CCC(=O)N1CCN(c2ccc(F)cc2)CC1)C1CCCc2ccccc21. The van der Waals surface area contributed by atoms with Crippen molar-refractivity contribution in [1.82, 2.24) is 9.80 Å². The number of carbonyl (C=O) groups excluding carboxylic acids is 1. The van der Waals surface area contributed by atoms with Crippen molar-refractivity contribution in [3.63, 3.8) is 0 Å². The Kier molecular flexibility index (Phi) is 6.14. The molecule has 154 valence electrons. The molecule has 1 atom stereocenters. The summed E-state index contributed by atoms with van der Waals surface area (Å²) in [6.45, 7) is 3.83. The number of benzene rings is 2. The van der Waals surface area contributed by atoms with E-state index in [2.05, 4.69) is 41.1 Å². The van der Waals surface area contributed by atoms with Gasteiger partial charge in [-0.05, 0) is 61.7 Å². The Hall–Kier alpha value is -2.40. The van der Waals surface area contributed by atoms with Crippen LogP contribution in [-0.2, 0) is 11.2 Å². The molecule has 29 heavy (non-hydrogen) atoms.